The second kappa shape index (κ2) is 5.26. The third kappa shape index (κ3) is 3.10. The van der Waals surface area contributed by atoms with E-state index in [9.17, 15) is 12.8 Å². The lowest BCUT2D eigenvalue weighted by Gasteiger charge is -2.10. The smallest absolute Gasteiger partial charge is 0.278 e. The molecule has 7 heteroatoms. The lowest BCUT2D eigenvalue weighted by atomic mass is 10.2. The van der Waals surface area contributed by atoms with E-state index in [1.165, 1.54) is 12.3 Å². The number of sulfonamides is 1. The van der Waals surface area contributed by atoms with Crippen LogP contribution in [0, 0.1) is 12.7 Å². The van der Waals surface area contributed by atoms with Crippen LogP contribution in [0.3, 0.4) is 0 Å². The number of pyridine rings is 1. The van der Waals surface area contributed by atoms with Gasteiger partial charge in [-0.1, -0.05) is 15.9 Å². The first-order chi connectivity index (χ1) is 8.90. The molecule has 0 unspecified atom stereocenters. The number of halogens is 2. The fourth-order valence-corrected chi connectivity index (χ4v) is 3.12. The summed E-state index contributed by atoms with van der Waals surface area (Å²) in [6.45, 7) is 1.75. The van der Waals surface area contributed by atoms with E-state index in [2.05, 4.69) is 25.6 Å². The van der Waals surface area contributed by atoms with Gasteiger partial charge < -0.3 is 0 Å². The van der Waals surface area contributed by atoms with E-state index in [1.54, 1.807) is 25.1 Å². The Morgan fingerprint density at radius 1 is 1.32 bits per heavy atom. The van der Waals surface area contributed by atoms with E-state index in [4.69, 9.17) is 0 Å². The number of nitrogens with one attached hydrogen (secondary N) is 1. The standard InChI is InChI=1S/C12H10BrFN2O2S/c1-8-7-9(13)4-5-11(8)16-19(17,18)12-10(14)3-2-6-15-12/h2-7,16H,1H3. The van der Waals surface area contributed by atoms with Gasteiger partial charge in [0.15, 0.2) is 5.82 Å². The Labute approximate surface area is 118 Å². The number of rotatable bonds is 3. The van der Waals surface area contributed by atoms with Crippen LogP contribution in [0.5, 0.6) is 0 Å². The molecule has 0 atom stereocenters. The van der Waals surface area contributed by atoms with Gasteiger partial charge in [-0.2, -0.15) is 8.42 Å². The first-order valence-electron chi connectivity index (χ1n) is 5.29. The van der Waals surface area contributed by atoms with E-state index < -0.39 is 20.9 Å². The third-order valence-corrected chi connectivity index (χ3v) is 4.20. The topological polar surface area (TPSA) is 59.1 Å². The molecule has 19 heavy (non-hydrogen) atoms. The molecule has 1 aromatic heterocycles. The number of aromatic nitrogens is 1. The number of aryl methyl sites for hydroxylation is 1. The lowest BCUT2D eigenvalue weighted by Crippen LogP contribution is -2.16. The maximum atomic E-state index is 13.5. The van der Waals surface area contributed by atoms with Crippen LogP contribution < -0.4 is 4.72 Å². The summed E-state index contributed by atoms with van der Waals surface area (Å²) >= 11 is 3.28. The molecule has 0 saturated heterocycles. The van der Waals surface area contributed by atoms with Gasteiger partial charge in [0.1, 0.15) is 0 Å². The Hall–Kier alpha value is -1.47. The molecular weight excluding hydrogens is 335 g/mol. The highest BCUT2D eigenvalue weighted by Gasteiger charge is 2.21. The maximum absolute atomic E-state index is 13.5. The van der Waals surface area contributed by atoms with Gasteiger partial charge in [0, 0.05) is 10.7 Å². The summed E-state index contributed by atoms with van der Waals surface area (Å²) in [5.41, 5.74) is 1.10. The van der Waals surface area contributed by atoms with Crippen LogP contribution >= 0.6 is 15.9 Å². The van der Waals surface area contributed by atoms with Crippen molar-refractivity contribution in [2.45, 2.75) is 11.9 Å². The molecule has 0 aliphatic rings. The van der Waals surface area contributed by atoms with Gasteiger partial charge >= 0.3 is 0 Å². The SMILES string of the molecule is Cc1cc(Br)ccc1NS(=O)(=O)c1ncccc1F. The molecule has 0 spiro atoms. The van der Waals surface area contributed by atoms with E-state index in [0.29, 0.717) is 11.3 Å². The number of nitrogens with zero attached hydrogens (tertiary/aromatic N) is 1. The van der Waals surface area contributed by atoms with Crippen molar-refractivity contribution in [2.75, 3.05) is 4.72 Å². The van der Waals surface area contributed by atoms with Crippen molar-refractivity contribution in [2.24, 2.45) is 0 Å². The van der Waals surface area contributed by atoms with Crippen molar-refractivity contribution < 1.29 is 12.8 Å². The Balaban J connectivity index is 2.40. The predicted molar refractivity (Wildman–Crippen MR) is 73.9 cm³/mol. The lowest BCUT2D eigenvalue weighted by molar-refractivity contribution is 0.557. The molecule has 1 heterocycles. The summed E-state index contributed by atoms with van der Waals surface area (Å²) in [6, 6.07) is 7.43. The van der Waals surface area contributed by atoms with Gasteiger partial charge in [-0.3, -0.25) is 4.72 Å². The van der Waals surface area contributed by atoms with Gasteiger partial charge in [0.2, 0.25) is 5.03 Å². The fraction of sp³-hybridized carbons (Fsp3) is 0.0833. The third-order valence-electron chi connectivity index (χ3n) is 2.41. The Morgan fingerprint density at radius 2 is 2.05 bits per heavy atom. The zero-order chi connectivity index (χ0) is 14.0. The molecule has 0 bridgehead atoms. The Bertz CT molecular complexity index is 719. The number of anilines is 1. The van der Waals surface area contributed by atoms with Crippen molar-refractivity contribution in [1.82, 2.24) is 4.98 Å². The molecule has 2 rings (SSSR count). The van der Waals surface area contributed by atoms with E-state index in [1.807, 2.05) is 0 Å². The predicted octanol–water partition coefficient (Wildman–Crippen LogP) is 3.09. The van der Waals surface area contributed by atoms with Crippen LogP contribution in [-0.4, -0.2) is 13.4 Å². The monoisotopic (exact) mass is 344 g/mol. The summed E-state index contributed by atoms with van der Waals surface area (Å²) < 4.78 is 40.7. The maximum Gasteiger partial charge on any atom is 0.282 e. The zero-order valence-electron chi connectivity index (χ0n) is 9.89. The van der Waals surface area contributed by atoms with Gasteiger partial charge in [0.05, 0.1) is 5.69 Å². The van der Waals surface area contributed by atoms with Crippen LogP contribution in [0.15, 0.2) is 46.0 Å². The Kier molecular flexibility index (Phi) is 3.86. The second-order valence-corrected chi connectivity index (χ2v) is 6.37. The van der Waals surface area contributed by atoms with Gasteiger partial charge in [-0.15, -0.1) is 0 Å². The summed E-state index contributed by atoms with van der Waals surface area (Å²) in [5.74, 6) is -0.884. The fourth-order valence-electron chi connectivity index (χ4n) is 1.50. The molecule has 0 aliphatic carbocycles. The molecule has 100 valence electrons. The summed E-state index contributed by atoms with van der Waals surface area (Å²) in [5, 5.41) is -0.614. The minimum absolute atomic E-state index is 0.383. The second-order valence-electron chi connectivity index (χ2n) is 3.86. The number of hydrogen-bond acceptors (Lipinski definition) is 3. The number of hydrogen-bond donors (Lipinski definition) is 1. The van der Waals surface area contributed by atoms with Crippen LogP contribution in [0.25, 0.3) is 0 Å². The van der Waals surface area contributed by atoms with Crippen molar-refractivity contribution >= 4 is 31.6 Å². The first-order valence-corrected chi connectivity index (χ1v) is 7.57. The molecule has 2 aromatic rings. The molecule has 0 radical (unpaired) electrons. The minimum Gasteiger partial charge on any atom is -0.278 e. The number of benzene rings is 1. The van der Waals surface area contributed by atoms with Crippen molar-refractivity contribution in [3.63, 3.8) is 0 Å². The molecule has 0 fully saturated rings. The summed E-state index contributed by atoms with van der Waals surface area (Å²) in [4.78, 5) is 3.56. The largest absolute Gasteiger partial charge is 0.282 e. The normalized spacial score (nSPS) is 11.3. The highest BCUT2D eigenvalue weighted by atomic mass is 79.9. The van der Waals surface area contributed by atoms with E-state index in [0.717, 1.165) is 10.5 Å². The molecule has 4 nitrogen and oxygen atoms in total. The Morgan fingerprint density at radius 3 is 2.68 bits per heavy atom. The van der Waals surface area contributed by atoms with Crippen LogP contribution in [-0.2, 0) is 10.0 Å². The van der Waals surface area contributed by atoms with Crippen molar-refractivity contribution in [3.8, 4) is 0 Å². The zero-order valence-corrected chi connectivity index (χ0v) is 12.3. The molecular formula is C12H10BrFN2O2S. The van der Waals surface area contributed by atoms with Gasteiger partial charge in [-0.05, 0) is 42.8 Å². The van der Waals surface area contributed by atoms with Gasteiger partial charge in [-0.25, -0.2) is 9.37 Å². The van der Waals surface area contributed by atoms with E-state index >= 15 is 0 Å². The highest BCUT2D eigenvalue weighted by Crippen LogP contribution is 2.23. The molecule has 0 amide bonds. The molecule has 0 saturated carbocycles. The van der Waals surface area contributed by atoms with Crippen LogP contribution in [0.2, 0.25) is 0 Å². The van der Waals surface area contributed by atoms with Crippen LogP contribution in [0.4, 0.5) is 10.1 Å². The van der Waals surface area contributed by atoms with Crippen molar-refractivity contribution in [3.05, 3.63) is 52.4 Å². The first kappa shape index (κ1) is 14.0. The molecule has 1 aromatic carbocycles. The van der Waals surface area contributed by atoms with E-state index in [-0.39, 0.29) is 0 Å². The van der Waals surface area contributed by atoms with Crippen molar-refractivity contribution in [1.29, 1.82) is 0 Å². The highest BCUT2D eigenvalue weighted by molar-refractivity contribution is 9.10. The minimum atomic E-state index is -4.03. The average Bonchev–Trinajstić information content (AvgIpc) is 2.33. The average molecular weight is 345 g/mol. The molecule has 1 N–H and O–H groups in total. The quantitative estimate of drug-likeness (QED) is 0.930. The summed E-state index contributed by atoms with van der Waals surface area (Å²) in [6.07, 6.45) is 1.23. The van der Waals surface area contributed by atoms with Crippen LogP contribution in [0.1, 0.15) is 5.56 Å². The summed E-state index contributed by atoms with van der Waals surface area (Å²) in [7, 11) is -4.03. The molecule has 0 aliphatic heterocycles. The van der Waals surface area contributed by atoms with Gasteiger partial charge in [0.25, 0.3) is 10.0 Å².